The summed E-state index contributed by atoms with van der Waals surface area (Å²) in [6.45, 7) is 0. The van der Waals surface area contributed by atoms with Gasteiger partial charge < -0.3 is 0 Å². The molecule has 0 radical (unpaired) electrons. The van der Waals surface area contributed by atoms with Crippen LogP contribution < -0.4 is 0 Å². The smallest absolute Gasteiger partial charge is 0.140 e. The van der Waals surface area contributed by atoms with Gasteiger partial charge >= 0.3 is 0 Å². The molecule has 0 nitrogen and oxygen atoms in total. The van der Waals surface area contributed by atoms with Crippen LogP contribution in [0.15, 0.2) is 0 Å². The molecule has 1 saturated heterocycles. The molecule has 1 heterocycles. The van der Waals surface area contributed by atoms with Crippen LogP contribution in [-0.2, 0) is 0 Å². The highest BCUT2D eigenvalue weighted by Crippen LogP contribution is 2.44. The van der Waals surface area contributed by atoms with Gasteiger partial charge in [0.2, 0.25) is 0 Å². The minimum atomic E-state index is -1.08. The molecule has 0 unspecified atom stereocenters. The van der Waals surface area contributed by atoms with Crippen LogP contribution in [0, 0.1) is 0 Å². The normalized spacial score (nSPS) is 22.1. The van der Waals surface area contributed by atoms with Crippen LogP contribution in [0.2, 0.25) is 0 Å². The predicted molar refractivity (Wildman–Crippen MR) is 61.2 cm³/mol. The van der Waals surface area contributed by atoms with E-state index in [-0.39, 0.29) is 0 Å². The largest absolute Gasteiger partial charge is 0.192 e. The summed E-state index contributed by atoms with van der Waals surface area (Å²) < 4.78 is -0.615. The molecule has 1 aliphatic rings. The molecule has 0 spiro atoms. The van der Waals surface area contributed by atoms with Gasteiger partial charge in [-0.2, -0.15) is 0 Å². The second-order valence-electron chi connectivity index (χ2n) is 2.02. The van der Waals surface area contributed by atoms with Crippen molar-refractivity contribution in [1.29, 1.82) is 0 Å². The first-order valence-corrected chi connectivity index (χ1v) is 7.34. The van der Waals surface area contributed by atoms with E-state index in [4.69, 9.17) is 34.8 Å². The number of rotatable bonds is 1. The molecule has 0 aromatic carbocycles. The molecule has 0 atom stereocenters. The zero-order chi connectivity index (χ0) is 8.32. The van der Waals surface area contributed by atoms with Gasteiger partial charge in [0.25, 0.3) is 0 Å². The van der Waals surface area contributed by atoms with Gasteiger partial charge in [-0.1, -0.05) is 34.8 Å². The van der Waals surface area contributed by atoms with Crippen LogP contribution in [0.1, 0.15) is 6.42 Å². The van der Waals surface area contributed by atoms with E-state index in [1.807, 2.05) is 35.3 Å². The van der Waals surface area contributed by atoms with E-state index in [0.29, 0.717) is 11.0 Å². The minimum Gasteiger partial charge on any atom is -0.140 e. The third kappa shape index (κ3) is 5.27. The molecule has 0 amide bonds. The molecule has 6 heteroatoms. The van der Waals surface area contributed by atoms with Crippen LogP contribution in [0.4, 0.5) is 0 Å². The van der Waals surface area contributed by atoms with Crippen molar-refractivity contribution in [3.05, 3.63) is 0 Å². The number of thioether (sulfide) groups is 3. The van der Waals surface area contributed by atoms with E-state index >= 15 is 0 Å². The maximum absolute atomic E-state index is 5.66. The Morgan fingerprint density at radius 2 is 1.73 bits per heavy atom. The van der Waals surface area contributed by atoms with E-state index in [1.165, 1.54) is 0 Å². The molecule has 0 aliphatic carbocycles. The van der Waals surface area contributed by atoms with Gasteiger partial charge in [0.1, 0.15) is 0 Å². The Kier molecular flexibility index (Phi) is 4.96. The van der Waals surface area contributed by atoms with Crippen molar-refractivity contribution >= 4 is 70.1 Å². The predicted octanol–water partition coefficient (Wildman–Crippen LogP) is 4.20. The molecule has 11 heavy (non-hydrogen) atoms. The van der Waals surface area contributed by atoms with E-state index in [0.717, 1.165) is 10.2 Å². The first-order chi connectivity index (χ1) is 5.08. The fourth-order valence-corrected chi connectivity index (χ4v) is 6.64. The number of hydrogen-bond acceptors (Lipinski definition) is 3. The molecule has 0 saturated carbocycles. The summed E-state index contributed by atoms with van der Waals surface area (Å²) in [5.41, 5.74) is 0. The Bertz CT molecular complexity index is 119. The third-order valence-corrected chi connectivity index (χ3v) is 5.85. The van der Waals surface area contributed by atoms with E-state index in [1.54, 1.807) is 0 Å². The van der Waals surface area contributed by atoms with Gasteiger partial charge in [0, 0.05) is 16.6 Å². The van der Waals surface area contributed by atoms with Gasteiger partial charge in [-0.25, -0.2) is 0 Å². The summed E-state index contributed by atoms with van der Waals surface area (Å²) in [6.07, 6.45) is 0.646. The van der Waals surface area contributed by atoms with Crippen molar-refractivity contribution in [2.24, 2.45) is 0 Å². The van der Waals surface area contributed by atoms with Crippen LogP contribution in [0.25, 0.3) is 0 Å². The molecular weight excluding hydrogens is 263 g/mol. The minimum absolute atomic E-state index is 0.462. The number of alkyl halides is 3. The molecule has 1 aliphatic heterocycles. The second kappa shape index (κ2) is 4.97. The average molecular weight is 270 g/mol. The highest BCUT2D eigenvalue weighted by molar-refractivity contribution is 8.32. The van der Waals surface area contributed by atoms with Crippen molar-refractivity contribution in [2.75, 3.05) is 10.2 Å². The Labute approximate surface area is 94.5 Å². The van der Waals surface area contributed by atoms with Crippen molar-refractivity contribution in [3.8, 4) is 0 Å². The Morgan fingerprint density at radius 1 is 1.18 bits per heavy atom. The maximum Gasteiger partial charge on any atom is 0.192 e. The van der Waals surface area contributed by atoms with E-state index in [2.05, 4.69) is 0 Å². The second-order valence-corrected chi connectivity index (χ2v) is 8.94. The maximum atomic E-state index is 5.66. The topological polar surface area (TPSA) is 0 Å². The number of halogens is 3. The van der Waals surface area contributed by atoms with E-state index < -0.39 is 3.79 Å². The molecule has 0 aromatic rings. The summed E-state index contributed by atoms with van der Waals surface area (Å²) in [4.78, 5) is 0. The van der Waals surface area contributed by atoms with Crippen molar-refractivity contribution in [2.45, 2.75) is 14.8 Å². The highest BCUT2D eigenvalue weighted by Gasteiger charge is 2.27. The van der Waals surface area contributed by atoms with Crippen LogP contribution in [-0.4, -0.2) is 18.5 Å². The van der Waals surface area contributed by atoms with Gasteiger partial charge in [-0.3, -0.25) is 0 Å². The van der Waals surface area contributed by atoms with Gasteiger partial charge in [0.05, 0.1) is 4.58 Å². The fraction of sp³-hybridized carbons (Fsp3) is 1.00. The lowest BCUT2D eigenvalue weighted by Gasteiger charge is -2.23. The lowest BCUT2D eigenvalue weighted by Crippen LogP contribution is -2.13. The Hall–Kier alpha value is 1.92. The third-order valence-electron chi connectivity index (χ3n) is 1.07. The SMILES string of the molecule is ClC(Cl)(Cl)CC1SCSCS1. The quantitative estimate of drug-likeness (QED) is 0.655. The van der Waals surface area contributed by atoms with E-state index in [9.17, 15) is 0 Å². The zero-order valence-electron chi connectivity index (χ0n) is 5.56. The summed E-state index contributed by atoms with van der Waals surface area (Å²) in [7, 11) is 0. The average Bonchev–Trinajstić information content (AvgIpc) is 1.85. The van der Waals surface area contributed by atoms with Crippen molar-refractivity contribution in [1.82, 2.24) is 0 Å². The first kappa shape index (κ1) is 11.0. The molecule has 0 bridgehead atoms. The lowest BCUT2D eigenvalue weighted by molar-refractivity contribution is 0.954. The lowest BCUT2D eigenvalue weighted by atomic mass is 10.5. The zero-order valence-corrected chi connectivity index (χ0v) is 10.3. The molecule has 1 fully saturated rings. The van der Waals surface area contributed by atoms with Crippen LogP contribution in [0.5, 0.6) is 0 Å². The molecule has 0 N–H and O–H groups in total. The monoisotopic (exact) mass is 268 g/mol. The molecular formula is C5H7Cl3S3. The van der Waals surface area contributed by atoms with Gasteiger partial charge in [-0.05, 0) is 0 Å². The fourth-order valence-electron chi connectivity index (χ4n) is 0.637. The highest BCUT2D eigenvalue weighted by atomic mass is 35.6. The molecule has 1 rings (SSSR count). The van der Waals surface area contributed by atoms with Crippen LogP contribution in [0.3, 0.4) is 0 Å². The molecule has 66 valence electrons. The summed E-state index contributed by atoms with van der Waals surface area (Å²) in [5, 5.41) is 2.25. The van der Waals surface area contributed by atoms with Crippen molar-refractivity contribution < 1.29 is 0 Å². The van der Waals surface area contributed by atoms with Crippen molar-refractivity contribution in [3.63, 3.8) is 0 Å². The summed E-state index contributed by atoms with van der Waals surface area (Å²) >= 11 is 22.6. The Morgan fingerprint density at radius 3 is 2.18 bits per heavy atom. The number of hydrogen-bond donors (Lipinski definition) is 0. The van der Waals surface area contributed by atoms with Gasteiger partial charge in [-0.15, -0.1) is 35.3 Å². The Balaban J connectivity index is 2.24. The summed E-state index contributed by atoms with van der Waals surface area (Å²) in [5.74, 6) is 0. The summed E-state index contributed by atoms with van der Waals surface area (Å²) in [6, 6.07) is 0. The van der Waals surface area contributed by atoms with Crippen LogP contribution >= 0.6 is 70.1 Å². The molecule has 0 aromatic heterocycles. The van der Waals surface area contributed by atoms with Gasteiger partial charge in [0.15, 0.2) is 3.79 Å². The first-order valence-electron chi connectivity index (χ1n) is 2.95. The standard InChI is InChI=1S/C5H7Cl3S3/c6-5(7,8)1-4-10-2-9-3-11-4/h4H,1-3H2.